The van der Waals surface area contributed by atoms with Gasteiger partial charge in [0.2, 0.25) is 0 Å². The van der Waals surface area contributed by atoms with Crippen LogP contribution in [0.2, 0.25) is 0 Å². The monoisotopic (exact) mass is 500 g/mol. The lowest BCUT2D eigenvalue weighted by Gasteiger charge is -1.94. The Morgan fingerprint density at radius 2 is 1.00 bits per heavy atom. The fourth-order valence-corrected chi connectivity index (χ4v) is 6.56. The maximum absolute atomic E-state index is 10.7. The fraction of sp³-hybridized carbons (Fsp3) is 0.167. The summed E-state index contributed by atoms with van der Waals surface area (Å²) < 4.78 is 17.6. The Morgan fingerprint density at radius 3 is 1.41 bits per heavy atom. The predicted octanol–water partition coefficient (Wildman–Crippen LogP) is 2.66. The molecule has 162 valence electrons. The molecule has 0 aliphatic rings. The van der Waals surface area contributed by atoms with E-state index in [4.69, 9.17) is 8.85 Å². The summed E-state index contributed by atoms with van der Waals surface area (Å²) in [6, 6.07) is 15.4. The van der Waals surface area contributed by atoms with E-state index in [1.54, 1.807) is 22.7 Å². The molecule has 0 unspecified atom stereocenters. The second-order valence-electron chi connectivity index (χ2n) is 6.42. The van der Waals surface area contributed by atoms with Gasteiger partial charge < -0.3 is 10.2 Å². The van der Waals surface area contributed by atoms with Gasteiger partial charge in [-0.05, 0) is 48.5 Å². The third-order valence-electron chi connectivity index (χ3n) is 4.23. The van der Waals surface area contributed by atoms with Crippen molar-refractivity contribution in [3.8, 4) is 0 Å². The Labute approximate surface area is 198 Å². The van der Waals surface area contributed by atoms with Gasteiger partial charge in [0.25, 0.3) is 13.2 Å². The molecule has 0 saturated carbocycles. The van der Waals surface area contributed by atoms with E-state index in [0.717, 1.165) is 27.2 Å². The fourth-order valence-electron chi connectivity index (χ4n) is 2.77. The van der Waals surface area contributed by atoms with Gasteiger partial charge in [-0.3, -0.25) is 0 Å². The van der Waals surface area contributed by atoms with Crippen LogP contribution in [-0.4, -0.2) is 35.3 Å². The molecule has 4 aromatic heterocycles. The van der Waals surface area contributed by atoms with Crippen LogP contribution in [0.3, 0.4) is 0 Å². The van der Waals surface area contributed by atoms with Gasteiger partial charge in [0.1, 0.15) is 0 Å². The Hall–Kier alpha value is -2.70. The minimum absolute atomic E-state index is 0.122. The van der Waals surface area contributed by atoms with Gasteiger partial charge in [0.05, 0.1) is 9.06 Å². The molecule has 4 aromatic rings. The number of thiophene rings is 4. The third kappa shape index (κ3) is 5.03. The molecule has 32 heavy (non-hydrogen) atoms. The van der Waals surface area contributed by atoms with E-state index < -0.39 is 0 Å². The second kappa shape index (κ2) is 10.3. The first-order valence-corrected chi connectivity index (χ1v) is 13.1. The van der Waals surface area contributed by atoms with Crippen molar-refractivity contribution in [2.45, 2.75) is 13.8 Å². The molecule has 4 rings (SSSR count). The molecule has 2 N–H and O–H groups in total. The number of aliphatic hydroxyl groups is 2. The molecule has 0 saturated heterocycles. The van der Waals surface area contributed by atoms with Crippen molar-refractivity contribution < 1.29 is 19.1 Å². The van der Waals surface area contributed by atoms with E-state index in [0.29, 0.717) is 22.3 Å². The van der Waals surface area contributed by atoms with Crippen LogP contribution < -0.4 is 18.1 Å². The Bertz CT molecular complexity index is 1620. The molecule has 0 aliphatic heterocycles. The van der Waals surface area contributed by atoms with Crippen molar-refractivity contribution in [2.75, 3.05) is 13.2 Å². The SMILES string of the molecule is CC[O+]=C=c1ccc(=c2ccc(=C(O)C(O)=c3ccc(=c4ccc(=C=[O+]CC)s4)s3)s2)s1. The van der Waals surface area contributed by atoms with Crippen molar-refractivity contribution in [1.29, 1.82) is 0 Å². The zero-order valence-electron chi connectivity index (χ0n) is 17.4. The van der Waals surface area contributed by atoms with E-state index in [1.807, 2.05) is 62.4 Å². The number of hydrogen-bond donors (Lipinski definition) is 2. The van der Waals surface area contributed by atoms with Crippen molar-refractivity contribution >= 4 is 68.7 Å². The van der Waals surface area contributed by atoms with Crippen molar-refractivity contribution in [1.82, 2.24) is 0 Å². The van der Waals surface area contributed by atoms with Gasteiger partial charge in [-0.25, -0.2) is 8.85 Å². The van der Waals surface area contributed by atoms with E-state index >= 15 is 0 Å². The maximum Gasteiger partial charge on any atom is 0.363 e. The third-order valence-corrected chi connectivity index (χ3v) is 8.77. The zero-order valence-corrected chi connectivity index (χ0v) is 20.6. The maximum atomic E-state index is 10.7. The van der Waals surface area contributed by atoms with E-state index in [1.165, 1.54) is 22.7 Å². The molecular weight excluding hydrogens is 481 g/mol. The van der Waals surface area contributed by atoms with Crippen molar-refractivity contribution in [3.63, 3.8) is 0 Å². The molecule has 0 aromatic carbocycles. The lowest BCUT2D eigenvalue weighted by Crippen LogP contribution is -2.07. The zero-order chi connectivity index (χ0) is 22.5. The standard InChI is InChI=1S/C24H18O4S4/c1-3-27-13-15-5-7-17(29-15)19-9-11-21(31-19)23(25)24(26)22-12-10-20(32-22)18-8-6-16(30-18)14-28-4-2/h5-12H,3-4H2,1-2H3/p+2. The van der Waals surface area contributed by atoms with Gasteiger partial charge in [0, 0.05) is 32.0 Å². The van der Waals surface area contributed by atoms with Gasteiger partial charge in [-0.15, -0.1) is 45.3 Å². The van der Waals surface area contributed by atoms with Gasteiger partial charge in [-0.1, -0.05) is 0 Å². The highest BCUT2D eigenvalue weighted by Gasteiger charge is 2.06. The first-order valence-electron chi connectivity index (χ1n) is 9.87. The summed E-state index contributed by atoms with van der Waals surface area (Å²) >= 11 is 5.99. The average molecular weight is 501 g/mol. The summed E-state index contributed by atoms with van der Waals surface area (Å²) in [5, 5.41) is 21.4. The highest BCUT2D eigenvalue weighted by molar-refractivity contribution is 7.12. The molecule has 8 heteroatoms. The first-order chi connectivity index (χ1) is 15.6. The number of carbonyl (C=O) groups excluding carboxylic acids is 2. The summed E-state index contributed by atoms with van der Waals surface area (Å²) in [6.45, 7) is 5.00. The molecule has 0 radical (unpaired) electrons. The normalized spacial score (nSPS) is 14.9. The molecule has 0 atom stereocenters. The van der Waals surface area contributed by atoms with Crippen LogP contribution in [0.1, 0.15) is 13.8 Å². The number of aliphatic hydroxyl groups excluding tert-OH is 2. The highest BCUT2D eigenvalue weighted by Crippen LogP contribution is 2.10. The van der Waals surface area contributed by atoms with Crippen LogP contribution in [0.5, 0.6) is 0 Å². The lowest BCUT2D eigenvalue weighted by molar-refractivity contribution is 0.127. The van der Waals surface area contributed by atoms with E-state index in [2.05, 4.69) is 11.9 Å². The molecule has 0 aliphatic carbocycles. The number of rotatable bonds is 3. The van der Waals surface area contributed by atoms with Crippen LogP contribution in [0.15, 0.2) is 48.5 Å². The summed E-state index contributed by atoms with van der Waals surface area (Å²) in [5.41, 5.74) is 0. The lowest BCUT2D eigenvalue weighted by atomic mass is 10.3. The topological polar surface area (TPSA) is 63.1 Å². The average Bonchev–Trinajstić information content (AvgIpc) is 3.61. The van der Waals surface area contributed by atoms with Gasteiger partial charge in [0.15, 0.2) is 20.6 Å². The Morgan fingerprint density at radius 1 is 0.625 bits per heavy atom. The van der Waals surface area contributed by atoms with Gasteiger partial charge in [-0.2, -0.15) is 0 Å². The van der Waals surface area contributed by atoms with E-state index in [9.17, 15) is 10.2 Å². The van der Waals surface area contributed by atoms with E-state index in [-0.39, 0.29) is 11.5 Å². The predicted molar refractivity (Wildman–Crippen MR) is 134 cm³/mol. The largest absolute Gasteiger partial charge is 0.503 e. The van der Waals surface area contributed by atoms with Crippen molar-refractivity contribution in [2.24, 2.45) is 0 Å². The second-order valence-corrected chi connectivity index (χ2v) is 10.8. The summed E-state index contributed by atoms with van der Waals surface area (Å²) in [7, 11) is 0. The summed E-state index contributed by atoms with van der Waals surface area (Å²) in [4.78, 5) is 0. The van der Waals surface area contributed by atoms with Crippen LogP contribution in [0.25, 0.3) is 11.5 Å². The Kier molecular flexibility index (Phi) is 7.22. The molecule has 4 nitrogen and oxygen atoms in total. The van der Waals surface area contributed by atoms with Gasteiger partial charge >= 0.3 is 11.9 Å². The minimum Gasteiger partial charge on any atom is -0.503 e. The smallest absolute Gasteiger partial charge is 0.363 e. The van der Waals surface area contributed by atoms with Crippen LogP contribution in [0, 0.1) is 18.1 Å². The molecule has 4 heterocycles. The Balaban J connectivity index is 1.84. The summed E-state index contributed by atoms with van der Waals surface area (Å²) in [5.74, 6) is 5.55. The quantitative estimate of drug-likeness (QED) is 0.425. The molecular formula is C24H20O4S4+2. The molecule has 0 fully saturated rings. The summed E-state index contributed by atoms with van der Waals surface area (Å²) in [6.07, 6.45) is 0. The van der Waals surface area contributed by atoms with Crippen molar-refractivity contribution in [3.05, 3.63) is 84.8 Å². The molecule has 0 bridgehead atoms. The molecule has 0 spiro atoms. The molecule has 0 amide bonds. The van der Waals surface area contributed by atoms with Crippen LogP contribution in [0.4, 0.5) is 0 Å². The van der Waals surface area contributed by atoms with Crippen LogP contribution in [-0.2, 0) is 8.85 Å². The minimum atomic E-state index is -0.122. The highest BCUT2D eigenvalue weighted by atomic mass is 32.1. The number of hydrogen-bond acceptors (Lipinski definition) is 6. The van der Waals surface area contributed by atoms with Crippen LogP contribution >= 0.6 is 45.3 Å². The first kappa shape index (κ1) is 22.5.